The number of hydrogen-bond acceptors (Lipinski definition) is 5. The molecule has 0 bridgehead atoms. The van der Waals surface area contributed by atoms with Crippen LogP contribution in [0.5, 0.6) is 0 Å². The number of anilines is 1. The molecule has 2 atom stereocenters. The molecule has 5 rings (SSSR count). The standard InChI is InChI=1S/C20H14ClF5N4O4S/c1-35(32,33)28-14-6-29-15(20(14,25)26)7-30(19(29)31)18-17-10(2-8(21)3-13(17)34-27-18)16-11(23)4-9(22)5-12(16)24/h2-5,14-15,28H,6-7H2,1H3/t14-,15-/m1/s1. The van der Waals surface area contributed by atoms with Gasteiger partial charge >= 0.3 is 6.03 Å². The Morgan fingerprint density at radius 2 is 1.80 bits per heavy atom. The van der Waals surface area contributed by atoms with Crippen molar-refractivity contribution in [2.24, 2.45) is 0 Å². The number of rotatable bonds is 4. The highest BCUT2D eigenvalue weighted by Crippen LogP contribution is 2.44. The molecular weight excluding hydrogens is 523 g/mol. The molecule has 2 saturated heterocycles. The van der Waals surface area contributed by atoms with E-state index in [1.54, 1.807) is 0 Å². The van der Waals surface area contributed by atoms with Crippen LogP contribution in [0.2, 0.25) is 5.02 Å². The second-order valence-corrected chi connectivity index (χ2v) is 10.5. The average Bonchev–Trinajstić information content (AvgIpc) is 3.33. The van der Waals surface area contributed by atoms with Gasteiger partial charge in [0.2, 0.25) is 10.0 Å². The molecule has 8 nitrogen and oxygen atoms in total. The summed E-state index contributed by atoms with van der Waals surface area (Å²) in [6, 6.07) is -1.19. The molecule has 3 aromatic rings. The normalized spacial score (nSPS) is 21.9. The Morgan fingerprint density at radius 1 is 1.14 bits per heavy atom. The van der Waals surface area contributed by atoms with E-state index in [2.05, 4.69) is 5.16 Å². The number of nitrogens with zero attached hydrogens (tertiary/aromatic N) is 3. The molecule has 0 radical (unpaired) electrons. The Hall–Kier alpha value is -2.97. The van der Waals surface area contributed by atoms with Gasteiger partial charge in [-0.25, -0.2) is 39.9 Å². The number of nitrogens with one attached hydrogen (secondary N) is 1. The SMILES string of the molecule is CS(=O)(=O)N[C@@H]1CN2C(=O)N(c3noc4cc(Cl)cc(-c5c(F)cc(F)cc5F)c34)C[C@@H]2C1(F)F. The van der Waals surface area contributed by atoms with E-state index in [1.165, 1.54) is 6.07 Å². The van der Waals surface area contributed by atoms with Crippen molar-refractivity contribution in [2.45, 2.75) is 18.0 Å². The highest BCUT2D eigenvalue weighted by molar-refractivity contribution is 7.88. The van der Waals surface area contributed by atoms with Gasteiger partial charge in [-0.05, 0) is 6.07 Å². The summed E-state index contributed by atoms with van der Waals surface area (Å²) < 4.78 is 103. The van der Waals surface area contributed by atoms with Crippen molar-refractivity contribution in [3.8, 4) is 11.1 Å². The Labute approximate surface area is 199 Å². The molecule has 0 spiro atoms. The smallest absolute Gasteiger partial charge is 0.326 e. The first-order valence-corrected chi connectivity index (χ1v) is 12.2. The summed E-state index contributed by atoms with van der Waals surface area (Å²) in [5, 5.41) is 3.63. The van der Waals surface area contributed by atoms with Gasteiger partial charge in [0.15, 0.2) is 11.4 Å². The fraction of sp³-hybridized carbons (Fsp3) is 0.300. The summed E-state index contributed by atoms with van der Waals surface area (Å²) in [5.74, 6) is -7.64. The number of amides is 2. The number of urea groups is 1. The number of hydrogen-bond donors (Lipinski definition) is 1. The molecule has 186 valence electrons. The van der Waals surface area contributed by atoms with Crippen LogP contribution in [0, 0.1) is 17.5 Å². The monoisotopic (exact) mass is 536 g/mol. The summed E-state index contributed by atoms with van der Waals surface area (Å²) in [7, 11) is -3.98. The highest BCUT2D eigenvalue weighted by atomic mass is 35.5. The van der Waals surface area contributed by atoms with Gasteiger partial charge in [-0.1, -0.05) is 16.8 Å². The number of halogens is 6. The number of sulfonamides is 1. The first-order valence-electron chi connectivity index (χ1n) is 9.95. The third kappa shape index (κ3) is 3.79. The average molecular weight is 537 g/mol. The molecule has 2 fully saturated rings. The van der Waals surface area contributed by atoms with Gasteiger partial charge in [0, 0.05) is 35.3 Å². The predicted molar refractivity (Wildman–Crippen MR) is 114 cm³/mol. The highest BCUT2D eigenvalue weighted by Gasteiger charge is 2.63. The third-order valence-electron chi connectivity index (χ3n) is 5.91. The number of carbonyl (C=O) groups excluding carboxylic acids is 1. The number of benzene rings is 2. The number of fused-ring (bicyclic) bond motifs is 2. The summed E-state index contributed by atoms with van der Waals surface area (Å²) in [4.78, 5) is 14.7. The molecule has 1 N–H and O–H groups in total. The van der Waals surface area contributed by atoms with Crippen LogP contribution >= 0.6 is 11.6 Å². The number of alkyl halides is 2. The van der Waals surface area contributed by atoms with Crippen LogP contribution in [0.3, 0.4) is 0 Å². The largest absolute Gasteiger partial charge is 0.354 e. The van der Waals surface area contributed by atoms with Gasteiger partial charge < -0.3 is 9.42 Å². The van der Waals surface area contributed by atoms with Crippen molar-refractivity contribution in [2.75, 3.05) is 24.2 Å². The van der Waals surface area contributed by atoms with E-state index < -0.39 is 70.2 Å². The summed E-state index contributed by atoms with van der Waals surface area (Å²) >= 11 is 6.04. The van der Waals surface area contributed by atoms with Crippen LogP contribution in [-0.2, 0) is 10.0 Å². The molecular formula is C20H14ClF5N4O4S. The van der Waals surface area contributed by atoms with Gasteiger partial charge in [-0.2, -0.15) is 0 Å². The van der Waals surface area contributed by atoms with E-state index in [-0.39, 0.29) is 27.4 Å². The zero-order valence-electron chi connectivity index (χ0n) is 17.5. The molecule has 0 saturated carbocycles. The molecule has 15 heteroatoms. The van der Waals surface area contributed by atoms with Crippen molar-refractivity contribution in [3.05, 3.63) is 46.7 Å². The molecule has 2 amide bonds. The van der Waals surface area contributed by atoms with E-state index in [9.17, 15) is 35.2 Å². The predicted octanol–water partition coefficient (Wildman–Crippen LogP) is 3.74. The van der Waals surface area contributed by atoms with Crippen molar-refractivity contribution >= 4 is 44.4 Å². The molecule has 0 unspecified atom stereocenters. The summed E-state index contributed by atoms with van der Waals surface area (Å²) in [6.07, 6.45) is 0.725. The van der Waals surface area contributed by atoms with Gasteiger partial charge in [0.25, 0.3) is 5.92 Å². The molecule has 2 aliphatic rings. The van der Waals surface area contributed by atoms with Crippen LogP contribution < -0.4 is 9.62 Å². The Bertz CT molecular complexity index is 1480. The summed E-state index contributed by atoms with van der Waals surface area (Å²) in [6.45, 7) is -1.23. The van der Waals surface area contributed by atoms with Gasteiger partial charge in [0.05, 0.1) is 23.8 Å². The van der Waals surface area contributed by atoms with Gasteiger partial charge in [0.1, 0.15) is 29.5 Å². The zero-order chi connectivity index (χ0) is 25.4. The topological polar surface area (TPSA) is 95.8 Å². The zero-order valence-corrected chi connectivity index (χ0v) is 19.1. The maximum Gasteiger partial charge on any atom is 0.326 e. The van der Waals surface area contributed by atoms with Crippen molar-refractivity contribution < 1.29 is 39.7 Å². The second-order valence-electron chi connectivity index (χ2n) is 8.26. The molecule has 35 heavy (non-hydrogen) atoms. The van der Waals surface area contributed by atoms with E-state index in [1.807, 2.05) is 4.72 Å². The first kappa shape index (κ1) is 23.8. The third-order valence-corrected chi connectivity index (χ3v) is 6.84. The van der Waals surface area contributed by atoms with Crippen LogP contribution in [0.1, 0.15) is 0 Å². The molecule has 2 aromatic carbocycles. The van der Waals surface area contributed by atoms with Crippen LogP contribution in [0.15, 0.2) is 28.8 Å². The molecule has 1 aromatic heterocycles. The van der Waals surface area contributed by atoms with E-state index >= 15 is 0 Å². The van der Waals surface area contributed by atoms with Crippen LogP contribution in [0.25, 0.3) is 22.1 Å². The van der Waals surface area contributed by atoms with E-state index in [0.717, 1.165) is 22.1 Å². The molecule has 2 aliphatic heterocycles. The van der Waals surface area contributed by atoms with Crippen molar-refractivity contribution in [3.63, 3.8) is 0 Å². The lowest BCUT2D eigenvalue weighted by atomic mass is 10.00. The van der Waals surface area contributed by atoms with E-state index in [0.29, 0.717) is 12.1 Å². The van der Waals surface area contributed by atoms with Crippen molar-refractivity contribution in [1.82, 2.24) is 14.8 Å². The molecule has 0 aliphatic carbocycles. The number of aromatic nitrogens is 1. The quantitative estimate of drug-likeness (QED) is 0.513. The lowest BCUT2D eigenvalue weighted by Crippen LogP contribution is -2.50. The Morgan fingerprint density at radius 3 is 2.40 bits per heavy atom. The fourth-order valence-corrected chi connectivity index (χ4v) is 5.43. The first-order chi connectivity index (χ1) is 16.3. The maximum absolute atomic E-state index is 15.0. The van der Waals surface area contributed by atoms with Crippen LogP contribution in [-0.4, -0.2) is 61.9 Å². The minimum atomic E-state index is -3.98. The van der Waals surface area contributed by atoms with Gasteiger partial charge in [-0.15, -0.1) is 0 Å². The Balaban J connectivity index is 1.60. The fourth-order valence-electron chi connectivity index (χ4n) is 4.48. The maximum atomic E-state index is 15.0. The molecule has 3 heterocycles. The number of carbonyl (C=O) groups is 1. The lowest BCUT2D eigenvalue weighted by molar-refractivity contribution is -0.0324. The second kappa shape index (κ2) is 7.77. The summed E-state index contributed by atoms with van der Waals surface area (Å²) in [5.41, 5.74) is -1.02. The lowest BCUT2D eigenvalue weighted by Gasteiger charge is -2.23. The minimum absolute atomic E-state index is 0.0204. The van der Waals surface area contributed by atoms with E-state index in [4.69, 9.17) is 16.1 Å². The van der Waals surface area contributed by atoms with Crippen LogP contribution in [0.4, 0.5) is 32.6 Å². The van der Waals surface area contributed by atoms with Gasteiger partial charge in [-0.3, -0.25) is 4.90 Å². The van der Waals surface area contributed by atoms with Crippen molar-refractivity contribution in [1.29, 1.82) is 0 Å². The minimum Gasteiger partial charge on any atom is -0.354 e. The Kier molecular flexibility index (Phi) is 5.27.